The maximum absolute atomic E-state index is 11.9. The highest BCUT2D eigenvalue weighted by molar-refractivity contribution is 5.92. The van der Waals surface area contributed by atoms with E-state index in [1.807, 2.05) is 12.1 Å². The van der Waals surface area contributed by atoms with Crippen LogP contribution in [0.2, 0.25) is 0 Å². The van der Waals surface area contributed by atoms with Gasteiger partial charge in [-0.15, -0.1) is 0 Å². The summed E-state index contributed by atoms with van der Waals surface area (Å²) in [5.41, 5.74) is 6.23. The average molecular weight is 371 g/mol. The van der Waals surface area contributed by atoms with Crippen LogP contribution in [0.3, 0.4) is 0 Å². The maximum atomic E-state index is 11.9. The molecule has 0 bridgehead atoms. The highest BCUT2D eigenvalue weighted by Gasteiger charge is 2.34. The van der Waals surface area contributed by atoms with Gasteiger partial charge in [-0.3, -0.25) is 15.0 Å². The first kappa shape index (κ1) is 18.5. The summed E-state index contributed by atoms with van der Waals surface area (Å²) < 4.78 is 15.8. The number of carbonyl (C=O) groups is 2. The smallest absolute Gasteiger partial charge is 0.306 e. The zero-order valence-corrected chi connectivity index (χ0v) is 14.9. The number of rotatable bonds is 7. The number of hydrogen-bond donors (Lipinski definition) is 3. The lowest BCUT2D eigenvalue weighted by atomic mass is 10.0. The molecule has 1 saturated heterocycles. The number of benzene rings is 1. The van der Waals surface area contributed by atoms with Crippen LogP contribution in [0.1, 0.15) is 18.6 Å². The van der Waals surface area contributed by atoms with Gasteiger partial charge < -0.3 is 24.9 Å². The molecule has 0 radical (unpaired) electrons. The summed E-state index contributed by atoms with van der Waals surface area (Å²) in [5, 5.41) is 10.2. The predicted molar refractivity (Wildman–Crippen MR) is 97.3 cm³/mol. The molecule has 0 aliphatic carbocycles. The zero-order valence-electron chi connectivity index (χ0n) is 14.9. The van der Waals surface area contributed by atoms with E-state index in [9.17, 15) is 9.59 Å². The van der Waals surface area contributed by atoms with E-state index >= 15 is 0 Å². The van der Waals surface area contributed by atoms with Crippen molar-refractivity contribution in [2.75, 3.05) is 13.7 Å². The van der Waals surface area contributed by atoms with Crippen molar-refractivity contribution in [1.82, 2.24) is 5.32 Å². The lowest BCUT2D eigenvalue weighted by Crippen LogP contribution is -2.31. The van der Waals surface area contributed by atoms with Gasteiger partial charge in [0.1, 0.15) is 18.1 Å². The van der Waals surface area contributed by atoms with Crippen molar-refractivity contribution in [3.63, 3.8) is 0 Å². The molecule has 1 fully saturated rings. The van der Waals surface area contributed by atoms with Crippen LogP contribution in [0.25, 0.3) is 11.3 Å². The Kier molecular flexibility index (Phi) is 5.44. The van der Waals surface area contributed by atoms with Gasteiger partial charge in [0.15, 0.2) is 11.6 Å². The van der Waals surface area contributed by atoms with Gasteiger partial charge in [0.05, 0.1) is 25.5 Å². The highest BCUT2D eigenvalue weighted by atomic mass is 16.5. The Bertz CT molecular complexity index is 843. The summed E-state index contributed by atoms with van der Waals surface area (Å²) in [7, 11) is 1.31. The van der Waals surface area contributed by atoms with Crippen LogP contribution >= 0.6 is 0 Å². The minimum absolute atomic E-state index is 0.0823. The third-order valence-electron chi connectivity index (χ3n) is 4.39. The Morgan fingerprint density at radius 1 is 1.30 bits per heavy atom. The predicted octanol–water partition coefficient (Wildman–Crippen LogP) is 1.68. The van der Waals surface area contributed by atoms with Gasteiger partial charge in [-0.1, -0.05) is 0 Å². The SMILES string of the molecule is COC(=O)C[C@@H]1C[C@@H](COc2ccc(-c3ccc(C(=N)N)o3)cc2)NC1=O. The third-order valence-corrected chi connectivity index (χ3v) is 4.39. The summed E-state index contributed by atoms with van der Waals surface area (Å²) in [6.45, 7) is 0.317. The van der Waals surface area contributed by atoms with Crippen molar-refractivity contribution in [1.29, 1.82) is 5.41 Å². The van der Waals surface area contributed by atoms with Crippen molar-refractivity contribution in [3.05, 3.63) is 42.2 Å². The first-order valence-corrected chi connectivity index (χ1v) is 8.51. The number of ether oxygens (including phenoxy) is 2. The van der Waals surface area contributed by atoms with Gasteiger partial charge in [-0.25, -0.2) is 0 Å². The fourth-order valence-electron chi connectivity index (χ4n) is 2.95. The molecule has 0 spiro atoms. The van der Waals surface area contributed by atoms with E-state index in [0.717, 1.165) is 5.56 Å². The molecule has 1 amide bonds. The van der Waals surface area contributed by atoms with Gasteiger partial charge in [-0.05, 0) is 42.8 Å². The monoisotopic (exact) mass is 371 g/mol. The van der Waals surface area contributed by atoms with E-state index < -0.39 is 5.97 Å². The lowest BCUT2D eigenvalue weighted by Gasteiger charge is -2.12. The van der Waals surface area contributed by atoms with Crippen molar-refractivity contribution in [3.8, 4) is 17.1 Å². The molecule has 142 valence electrons. The fraction of sp³-hybridized carbons (Fsp3) is 0.316. The van der Waals surface area contributed by atoms with Gasteiger partial charge >= 0.3 is 5.97 Å². The quantitative estimate of drug-likeness (QED) is 0.386. The molecule has 8 heteroatoms. The molecule has 8 nitrogen and oxygen atoms in total. The third kappa shape index (κ3) is 4.46. The molecule has 1 aliphatic heterocycles. The number of nitrogens with one attached hydrogen (secondary N) is 2. The number of esters is 1. The van der Waals surface area contributed by atoms with E-state index in [-0.39, 0.29) is 30.1 Å². The summed E-state index contributed by atoms with van der Waals surface area (Å²) >= 11 is 0. The second-order valence-electron chi connectivity index (χ2n) is 6.33. The average Bonchev–Trinajstić information content (AvgIpc) is 3.28. The first-order valence-electron chi connectivity index (χ1n) is 8.51. The molecule has 2 atom stereocenters. The Balaban J connectivity index is 1.54. The largest absolute Gasteiger partial charge is 0.491 e. The van der Waals surface area contributed by atoms with Gasteiger partial charge in [0.2, 0.25) is 5.91 Å². The van der Waals surface area contributed by atoms with E-state index in [1.54, 1.807) is 24.3 Å². The van der Waals surface area contributed by atoms with Crippen molar-refractivity contribution >= 4 is 17.7 Å². The number of amides is 1. The molecular weight excluding hydrogens is 350 g/mol. The van der Waals surface area contributed by atoms with E-state index in [4.69, 9.17) is 20.3 Å². The second-order valence-corrected chi connectivity index (χ2v) is 6.33. The standard InChI is InChI=1S/C19H21N3O5/c1-25-17(23)9-12-8-13(22-19(12)24)10-26-14-4-2-11(3-5-14)15-6-7-16(27-15)18(20)21/h2-7,12-13H,8-10H2,1H3,(H3,20,21)(H,22,24)/t12-,13-/m0/s1. The number of methoxy groups -OCH3 is 1. The van der Waals surface area contributed by atoms with Crippen LogP contribution in [-0.2, 0) is 14.3 Å². The van der Waals surface area contributed by atoms with Gasteiger partial charge in [-0.2, -0.15) is 0 Å². The van der Waals surface area contributed by atoms with Crippen LogP contribution in [0, 0.1) is 11.3 Å². The molecule has 2 aromatic rings. The summed E-state index contributed by atoms with van der Waals surface area (Å²) in [5.74, 6) is 0.557. The minimum atomic E-state index is -0.391. The summed E-state index contributed by atoms with van der Waals surface area (Å²) in [6.07, 6.45) is 0.616. The van der Waals surface area contributed by atoms with E-state index in [1.165, 1.54) is 7.11 Å². The van der Waals surface area contributed by atoms with Crippen LogP contribution in [0.4, 0.5) is 0 Å². The van der Waals surface area contributed by atoms with Gasteiger partial charge in [0.25, 0.3) is 0 Å². The molecule has 1 aliphatic rings. The number of hydrogen-bond acceptors (Lipinski definition) is 6. The normalized spacial score (nSPS) is 18.8. The molecule has 3 rings (SSSR count). The molecule has 4 N–H and O–H groups in total. The molecule has 0 saturated carbocycles. The van der Waals surface area contributed by atoms with E-state index in [2.05, 4.69) is 10.1 Å². The molecule has 1 aromatic heterocycles. The van der Waals surface area contributed by atoms with Crippen LogP contribution in [0.15, 0.2) is 40.8 Å². The minimum Gasteiger partial charge on any atom is -0.491 e. The van der Waals surface area contributed by atoms with Crippen LogP contribution in [-0.4, -0.2) is 37.5 Å². The van der Waals surface area contributed by atoms with Crippen molar-refractivity contribution < 1.29 is 23.5 Å². The molecule has 0 unspecified atom stereocenters. The van der Waals surface area contributed by atoms with Crippen LogP contribution in [0.5, 0.6) is 5.75 Å². The molecule has 27 heavy (non-hydrogen) atoms. The second kappa shape index (κ2) is 7.94. The molecule has 1 aromatic carbocycles. The number of amidine groups is 1. The Hall–Kier alpha value is -3.29. The number of carbonyl (C=O) groups excluding carboxylic acids is 2. The Labute approximate surface area is 156 Å². The highest BCUT2D eigenvalue weighted by Crippen LogP contribution is 2.25. The van der Waals surface area contributed by atoms with E-state index in [0.29, 0.717) is 30.3 Å². The van der Waals surface area contributed by atoms with Crippen molar-refractivity contribution in [2.45, 2.75) is 18.9 Å². The number of furan rings is 1. The van der Waals surface area contributed by atoms with Crippen molar-refractivity contribution in [2.24, 2.45) is 11.7 Å². The summed E-state index contributed by atoms with van der Waals surface area (Å²) in [6, 6.07) is 10.5. The first-order chi connectivity index (χ1) is 13.0. The van der Waals surface area contributed by atoms with Crippen LogP contribution < -0.4 is 15.8 Å². The number of nitrogen functional groups attached to an aromatic ring is 1. The Morgan fingerprint density at radius 2 is 2.04 bits per heavy atom. The topological polar surface area (TPSA) is 128 Å². The lowest BCUT2D eigenvalue weighted by molar-refractivity contribution is -0.143. The maximum Gasteiger partial charge on any atom is 0.306 e. The molecular formula is C19H21N3O5. The number of nitrogens with two attached hydrogens (primary N) is 1. The van der Waals surface area contributed by atoms with Gasteiger partial charge in [0, 0.05) is 5.56 Å². The molecule has 2 heterocycles. The zero-order chi connectivity index (χ0) is 19.4. The summed E-state index contributed by atoms with van der Waals surface area (Å²) in [4.78, 5) is 23.2. The fourth-order valence-corrected chi connectivity index (χ4v) is 2.95. The Morgan fingerprint density at radius 3 is 2.67 bits per heavy atom.